The number of carboxylic acids is 1. The molecule has 1 saturated heterocycles. The first-order valence-electron chi connectivity index (χ1n) is 8.03. The predicted octanol–water partition coefficient (Wildman–Crippen LogP) is 0.347. The van der Waals surface area contributed by atoms with Crippen LogP contribution < -0.4 is 10.1 Å². The highest BCUT2D eigenvalue weighted by molar-refractivity contribution is 5.86. The summed E-state index contributed by atoms with van der Waals surface area (Å²) in [7, 11) is 3.16. The number of carboxylic acid groups (broad SMARTS) is 1. The number of urea groups is 1. The molecule has 0 unspecified atom stereocenters. The van der Waals surface area contributed by atoms with E-state index in [9.17, 15) is 19.5 Å². The van der Waals surface area contributed by atoms with E-state index < -0.39 is 11.4 Å². The topological polar surface area (TPSA) is 99.2 Å². The second kappa shape index (κ2) is 6.27. The number of fused-ring (bicyclic) bond motifs is 3. The van der Waals surface area contributed by atoms with Crippen LogP contribution in [0.25, 0.3) is 0 Å². The van der Waals surface area contributed by atoms with E-state index >= 15 is 0 Å². The molecule has 8 heteroatoms. The molecule has 0 bridgehead atoms. The standard InChI is InChI=1S/C17H21N3O5/c1-19(2)16(24)18-7-14(21)20-8-12-11-5-3-4-6-13(11)25-10-17(12,9-20)15(22)23/h3-6,12H,7-10H2,1-2H3,(H,18,24)(H,22,23)/t12-,17-/m0/s1. The smallest absolute Gasteiger partial charge is 0.317 e. The first-order valence-corrected chi connectivity index (χ1v) is 8.03. The Morgan fingerprint density at radius 1 is 1.36 bits per heavy atom. The monoisotopic (exact) mass is 347 g/mol. The van der Waals surface area contributed by atoms with Gasteiger partial charge in [-0.2, -0.15) is 0 Å². The van der Waals surface area contributed by atoms with Crippen molar-refractivity contribution in [3.8, 4) is 5.75 Å². The first-order chi connectivity index (χ1) is 11.8. The van der Waals surface area contributed by atoms with Gasteiger partial charge < -0.3 is 25.0 Å². The van der Waals surface area contributed by atoms with Gasteiger partial charge in [-0.25, -0.2) is 4.79 Å². The first kappa shape index (κ1) is 17.1. The van der Waals surface area contributed by atoms with Crippen LogP contribution >= 0.6 is 0 Å². The van der Waals surface area contributed by atoms with Crippen molar-refractivity contribution >= 4 is 17.9 Å². The Labute approximate surface area is 145 Å². The fourth-order valence-corrected chi connectivity index (χ4v) is 3.45. The number of aliphatic carboxylic acids is 1. The van der Waals surface area contributed by atoms with Crippen molar-refractivity contribution in [2.24, 2.45) is 5.41 Å². The number of carbonyl (C=O) groups excluding carboxylic acids is 2. The quantitative estimate of drug-likeness (QED) is 0.822. The maximum Gasteiger partial charge on any atom is 0.317 e. The van der Waals surface area contributed by atoms with Gasteiger partial charge in [-0.1, -0.05) is 18.2 Å². The van der Waals surface area contributed by atoms with Crippen molar-refractivity contribution in [3.05, 3.63) is 29.8 Å². The maximum atomic E-state index is 12.5. The average Bonchev–Trinajstić information content (AvgIpc) is 3.01. The molecule has 3 amide bonds. The highest BCUT2D eigenvalue weighted by Crippen LogP contribution is 2.49. The van der Waals surface area contributed by atoms with Crippen LogP contribution in [0.3, 0.4) is 0 Å². The Kier molecular flexibility index (Phi) is 4.28. The zero-order valence-corrected chi connectivity index (χ0v) is 14.2. The summed E-state index contributed by atoms with van der Waals surface area (Å²) in [4.78, 5) is 38.9. The van der Waals surface area contributed by atoms with Gasteiger partial charge in [0.15, 0.2) is 0 Å². The summed E-state index contributed by atoms with van der Waals surface area (Å²) < 4.78 is 5.66. The van der Waals surface area contributed by atoms with Gasteiger partial charge in [0, 0.05) is 38.7 Å². The maximum absolute atomic E-state index is 12.5. The minimum atomic E-state index is -1.16. The zero-order chi connectivity index (χ0) is 18.2. The minimum Gasteiger partial charge on any atom is -0.492 e. The van der Waals surface area contributed by atoms with Gasteiger partial charge in [0.05, 0.1) is 6.54 Å². The molecule has 1 aromatic rings. The Balaban J connectivity index is 1.80. The van der Waals surface area contributed by atoms with E-state index in [1.165, 1.54) is 9.80 Å². The SMILES string of the molecule is CN(C)C(=O)NCC(=O)N1C[C@H]2c3ccccc3OC[C@@]2(C(=O)O)C1. The zero-order valence-electron chi connectivity index (χ0n) is 14.2. The van der Waals surface area contributed by atoms with E-state index in [2.05, 4.69) is 5.32 Å². The molecule has 0 aromatic heterocycles. The summed E-state index contributed by atoms with van der Waals surface area (Å²) >= 11 is 0. The van der Waals surface area contributed by atoms with E-state index in [4.69, 9.17) is 4.74 Å². The summed E-state index contributed by atoms with van der Waals surface area (Å²) in [5.74, 6) is -0.939. The molecule has 134 valence electrons. The summed E-state index contributed by atoms with van der Waals surface area (Å²) in [5, 5.41) is 12.3. The number of rotatable bonds is 3. The second-order valence-corrected chi connectivity index (χ2v) is 6.67. The average molecular weight is 347 g/mol. The van der Waals surface area contributed by atoms with Crippen LogP contribution in [0.5, 0.6) is 5.75 Å². The number of nitrogens with zero attached hydrogens (tertiary/aromatic N) is 2. The van der Waals surface area contributed by atoms with E-state index in [0.29, 0.717) is 12.3 Å². The van der Waals surface area contributed by atoms with E-state index in [1.54, 1.807) is 14.1 Å². The molecule has 0 radical (unpaired) electrons. The van der Waals surface area contributed by atoms with Crippen LogP contribution in [-0.4, -0.2) is 73.2 Å². The van der Waals surface area contributed by atoms with Gasteiger partial charge in [0.2, 0.25) is 5.91 Å². The van der Waals surface area contributed by atoms with Crippen LogP contribution in [0, 0.1) is 5.41 Å². The summed E-state index contributed by atoms with van der Waals surface area (Å²) in [5.41, 5.74) is -0.348. The molecule has 2 heterocycles. The molecule has 25 heavy (non-hydrogen) atoms. The highest BCUT2D eigenvalue weighted by atomic mass is 16.5. The number of benzene rings is 1. The summed E-state index contributed by atoms with van der Waals surface area (Å²) in [6, 6.07) is 6.96. The van der Waals surface area contributed by atoms with Crippen molar-refractivity contribution in [2.75, 3.05) is 40.3 Å². The number of carbonyl (C=O) groups is 3. The largest absolute Gasteiger partial charge is 0.492 e. The van der Waals surface area contributed by atoms with Crippen LogP contribution in [0.1, 0.15) is 11.5 Å². The summed E-state index contributed by atoms with van der Waals surface area (Å²) in [6.07, 6.45) is 0. The third-order valence-electron chi connectivity index (χ3n) is 4.90. The molecule has 8 nitrogen and oxygen atoms in total. The molecule has 1 fully saturated rings. The molecule has 2 atom stereocenters. The number of ether oxygens (including phenoxy) is 1. The fourth-order valence-electron chi connectivity index (χ4n) is 3.45. The molecule has 0 saturated carbocycles. The molecule has 2 aliphatic heterocycles. The number of likely N-dealkylation sites (tertiary alicyclic amines) is 1. The van der Waals surface area contributed by atoms with E-state index in [1.807, 2.05) is 24.3 Å². The second-order valence-electron chi connectivity index (χ2n) is 6.67. The van der Waals surface area contributed by atoms with E-state index in [0.717, 1.165) is 5.56 Å². The Morgan fingerprint density at radius 3 is 2.76 bits per heavy atom. The van der Waals surface area contributed by atoms with Gasteiger partial charge in [-0.05, 0) is 6.07 Å². The van der Waals surface area contributed by atoms with Crippen molar-refractivity contribution < 1.29 is 24.2 Å². The van der Waals surface area contributed by atoms with Crippen molar-refractivity contribution in [1.82, 2.24) is 15.1 Å². The molecular formula is C17H21N3O5. The number of hydrogen-bond acceptors (Lipinski definition) is 4. The fraction of sp³-hybridized carbons (Fsp3) is 0.471. The highest BCUT2D eigenvalue weighted by Gasteiger charge is 2.57. The van der Waals surface area contributed by atoms with Crippen molar-refractivity contribution in [3.63, 3.8) is 0 Å². The van der Waals surface area contributed by atoms with Gasteiger partial charge in [0.25, 0.3) is 0 Å². The minimum absolute atomic E-state index is 0.0256. The number of para-hydroxylation sites is 1. The molecule has 0 aliphatic carbocycles. The van der Waals surface area contributed by atoms with Gasteiger partial charge >= 0.3 is 12.0 Å². The predicted molar refractivity (Wildman–Crippen MR) is 88.4 cm³/mol. The Morgan fingerprint density at radius 2 is 2.08 bits per heavy atom. The number of nitrogens with one attached hydrogen (secondary N) is 1. The van der Waals surface area contributed by atoms with Crippen molar-refractivity contribution in [1.29, 1.82) is 0 Å². The lowest BCUT2D eigenvalue weighted by Gasteiger charge is -2.35. The lowest BCUT2D eigenvalue weighted by Crippen LogP contribution is -2.47. The van der Waals surface area contributed by atoms with E-state index in [-0.39, 0.29) is 37.6 Å². The van der Waals surface area contributed by atoms with Gasteiger partial charge in [0.1, 0.15) is 17.8 Å². The van der Waals surface area contributed by atoms with Crippen LogP contribution in [0.2, 0.25) is 0 Å². The molecular weight excluding hydrogens is 326 g/mol. The van der Waals surface area contributed by atoms with Crippen molar-refractivity contribution in [2.45, 2.75) is 5.92 Å². The Bertz CT molecular complexity index is 720. The molecule has 2 aliphatic rings. The molecule has 3 rings (SSSR count). The third kappa shape index (κ3) is 2.88. The third-order valence-corrected chi connectivity index (χ3v) is 4.90. The normalized spacial score (nSPS) is 23.9. The van der Waals surface area contributed by atoms with Crippen LogP contribution in [-0.2, 0) is 9.59 Å². The van der Waals surface area contributed by atoms with Gasteiger partial charge in [-0.15, -0.1) is 0 Å². The molecule has 2 N–H and O–H groups in total. The summed E-state index contributed by atoms with van der Waals surface area (Å²) in [6.45, 7) is 0.223. The number of hydrogen-bond donors (Lipinski definition) is 2. The molecule has 1 aromatic carbocycles. The van der Waals surface area contributed by atoms with Crippen LogP contribution in [0.4, 0.5) is 4.79 Å². The number of amides is 3. The lowest BCUT2D eigenvalue weighted by molar-refractivity contribution is -0.152. The van der Waals surface area contributed by atoms with Gasteiger partial charge in [-0.3, -0.25) is 9.59 Å². The molecule has 0 spiro atoms. The Hall–Kier alpha value is -2.77. The lowest BCUT2D eigenvalue weighted by atomic mass is 9.73. The van der Waals surface area contributed by atoms with Crippen LogP contribution in [0.15, 0.2) is 24.3 Å².